The topological polar surface area (TPSA) is 84.2 Å². The SMILES string of the molecule is COCc1c(C2=C(C)C(O)=CCC=C2)noc1-c1cn[nH]c1C(F)(F)F. The van der Waals surface area contributed by atoms with Gasteiger partial charge >= 0.3 is 6.18 Å². The van der Waals surface area contributed by atoms with Crippen LogP contribution in [0.15, 0.2) is 40.3 Å². The largest absolute Gasteiger partial charge is 0.508 e. The van der Waals surface area contributed by atoms with Crippen molar-refractivity contribution in [2.45, 2.75) is 26.1 Å². The molecule has 0 aromatic carbocycles. The number of hydrogen-bond acceptors (Lipinski definition) is 5. The van der Waals surface area contributed by atoms with E-state index in [0.29, 0.717) is 28.8 Å². The number of nitrogens with zero attached hydrogens (tertiary/aromatic N) is 2. The average Bonchev–Trinajstić information content (AvgIpc) is 3.17. The van der Waals surface area contributed by atoms with Gasteiger partial charge in [0.1, 0.15) is 11.5 Å². The van der Waals surface area contributed by atoms with Crippen molar-refractivity contribution < 1.29 is 27.5 Å². The molecule has 1 aliphatic carbocycles. The molecule has 0 bridgehead atoms. The molecule has 26 heavy (non-hydrogen) atoms. The van der Waals surface area contributed by atoms with E-state index in [-0.39, 0.29) is 23.7 Å². The molecule has 0 saturated carbocycles. The Kier molecular flexibility index (Phi) is 4.73. The van der Waals surface area contributed by atoms with Gasteiger partial charge in [0.25, 0.3) is 0 Å². The number of halogens is 3. The molecule has 0 amide bonds. The summed E-state index contributed by atoms with van der Waals surface area (Å²) in [5.41, 5.74) is 0.468. The summed E-state index contributed by atoms with van der Waals surface area (Å²) in [5, 5.41) is 19.4. The highest BCUT2D eigenvalue weighted by Crippen LogP contribution is 2.39. The number of allylic oxidation sites excluding steroid dienone is 5. The molecule has 1 aliphatic rings. The van der Waals surface area contributed by atoms with Crippen LogP contribution in [0.4, 0.5) is 13.2 Å². The van der Waals surface area contributed by atoms with Gasteiger partial charge in [-0.05, 0) is 25.0 Å². The van der Waals surface area contributed by atoms with Crippen molar-refractivity contribution >= 4 is 5.57 Å². The van der Waals surface area contributed by atoms with Crippen LogP contribution in [0.25, 0.3) is 16.9 Å². The Labute approximate surface area is 146 Å². The smallest absolute Gasteiger partial charge is 0.433 e. The molecule has 0 saturated heterocycles. The molecule has 3 rings (SSSR count). The van der Waals surface area contributed by atoms with Gasteiger partial charge in [0.15, 0.2) is 11.5 Å². The van der Waals surface area contributed by atoms with Crippen LogP contribution in [-0.2, 0) is 17.5 Å². The summed E-state index contributed by atoms with van der Waals surface area (Å²) in [4.78, 5) is 0. The maximum absolute atomic E-state index is 13.2. The lowest BCUT2D eigenvalue weighted by atomic mass is 9.99. The molecule has 2 aromatic rings. The predicted molar refractivity (Wildman–Crippen MR) is 86.9 cm³/mol. The van der Waals surface area contributed by atoms with E-state index in [4.69, 9.17) is 9.26 Å². The summed E-state index contributed by atoms with van der Waals surface area (Å²) < 4.78 is 49.9. The van der Waals surface area contributed by atoms with Gasteiger partial charge in [-0.2, -0.15) is 18.3 Å². The first-order valence-electron chi connectivity index (χ1n) is 7.70. The lowest BCUT2D eigenvalue weighted by Crippen LogP contribution is -2.07. The molecule has 2 heterocycles. The van der Waals surface area contributed by atoms with Crippen LogP contribution < -0.4 is 0 Å². The van der Waals surface area contributed by atoms with Crippen molar-refractivity contribution in [3.63, 3.8) is 0 Å². The number of aromatic nitrogens is 3. The monoisotopic (exact) mass is 367 g/mol. The Morgan fingerprint density at radius 3 is 2.85 bits per heavy atom. The van der Waals surface area contributed by atoms with Crippen molar-refractivity contribution in [2.75, 3.05) is 7.11 Å². The van der Waals surface area contributed by atoms with Crippen LogP contribution in [0.3, 0.4) is 0 Å². The highest BCUT2D eigenvalue weighted by Gasteiger charge is 2.38. The summed E-state index contributed by atoms with van der Waals surface area (Å²) in [7, 11) is 1.42. The molecule has 6 nitrogen and oxygen atoms in total. The first kappa shape index (κ1) is 18.0. The molecule has 0 spiro atoms. The molecule has 0 radical (unpaired) electrons. The summed E-state index contributed by atoms with van der Waals surface area (Å²) in [6.45, 7) is 1.67. The van der Waals surface area contributed by atoms with E-state index in [9.17, 15) is 18.3 Å². The summed E-state index contributed by atoms with van der Waals surface area (Å²) >= 11 is 0. The fourth-order valence-electron chi connectivity index (χ4n) is 2.72. The van der Waals surface area contributed by atoms with Gasteiger partial charge in [-0.1, -0.05) is 17.3 Å². The number of hydrogen-bond donors (Lipinski definition) is 2. The first-order chi connectivity index (χ1) is 12.3. The van der Waals surface area contributed by atoms with Gasteiger partial charge in [-0.25, -0.2) is 0 Å². The van der Waals surface area contributed by atoms with Crippen molar-refractivity contribution in [1.82, 2.24) is 15.4 Å². The van der Waals surface area contributed by atoms with E-state index in [0.717, 1.165) is 6.20 Å². The molecule has 0 atom stereocenters. The highest BCUT2D eigenvalue weighted by molar-refractivity contribution is 5.81. The third kappa shape index (κ3) is 3.17. The van der Waals surface area contributed by atoms with Crippen molar-refractivity contribution in [2.24, 2.45) is 0 Å². The molecular weight excluding hydrogens is 351 g/mol. The maximum Gasteiger partial charge on any atom is 0.433 e. The van der Waals surface area contributed by atoms with Crippen LogP contribution in [-0.4, -0.2) is 27.6 Å². The van der Waals surface area contributed by atoms with Gasteiger partial charge in [0.2, 0.25) is 0 Å². The Balaban J connectivity index is 2.19. The molecular formula is C17H16F3N3O3. The lowest BCUT2D eigenvalue weighted by molar-refractivity contribution is -0.140. The fourth-order valence-corrected chi connectivity index (χ4v) is 2.72. The third-order valence-corrected chi connectivity index (χ3v) is 4.02. The number of aliphatic hydroxyl groups is 1. The standard InChI is InChI=1S/C17H16F3N3O3/c1-9-10(5-3-4-6-13(9)24)14-12(8-25-2)15(26-23-14)11-7-21-22-16(11)17(18,19)20/h3,5-7,24H,4,8H2,1-2H3,(H,21,22). The molecule has 0 fully saturated rings. The van der Waals surface area contributed by atoms with Crippen LogP contribution in [0, 0.1) is 0 Å². The zero-order valence-corrected chi connectivity index (χ0v) is 14.0. The van der Waals surface area contributed by atoms with Crippen molar-refractivity contribution in [3.05, 3.63) is 52.7 Å². The van der Waals surface area contributed by atoms with E-state index in [2.05, 4.69) is 10.3 Å². The number of nitrogens with one attached hydrogen (secondary N) is 1. The third-order valence-electron chi connectivity index (χ3n) is 4.02. The minimum atomic E-state index is -4.62. The number of alkyl halides is 3. The maximum atomic E-state index is 13.2. The molecule has 0 unspecified atom stereocenters. The average molecular weight is 367 g/mol. The first-order valence-corrected chi connectivity index (χ1v) is 7.70. The zero-order chi connectivity index (χ0) is 18.9. The van der Waals surface area contributed by atoms with Crippen LogP contribution >= 0.6 is 0 Å². The van der Waals surface area contributed by atoms with E-state index < -0.39 is 11.9 Å². The second-order valence-corrected chi connectivity index (χ2v) is 5.69. The number of methoxy groups -OCH3 is 1. The number of rotatable bonds is 4. The van der Waals surface area contributed by atoms with Gasteiger partial charge in [-0.3, -0.25) is 5.10 Å². The Morgan fingerprint density at radius 2 is 2.15 bits per heavy atom. The van der Waals surface area contributed by atoms with Crippen molar-refractivity contribution in [3.8, 4) is 11.3 Å². The second kappa shape index (κ2) is 6.83. The van der Waals surface area contributed by atoms with E-state index >= 15 is 0 Å². The van der Waals surface area contributed by atoms with Gasteiger partial charge in [0, 0.05) is 12.7 Å². The quantitative estimate of drug-likeness (QED) is 0.836. The summed E-state index contributed by atoms with van der Waals surface area (Å²) in [6, 6.07) is 0. The second-order valence-electron chi connectivity index (χ2n) is 5.69. The Bertz CT molecular complexity index is 904. The molecule has 9 heteroatoms. The normalized spacial score (nSPS) is 15.3. The number of ether oxygens (including phenoxy) is 1. The van der Waals surface area contributed by atoms with Crippen molar-refractivity contribution in [1.29, 1.82) is 0 Å². The Morgan fingerprint density at radius 1 is 1.38 bits per heavy atom. The zero-order valence-electron chi connectivity index (χ0n) is 14.0. The van der Waals surface area contributed by atoms with Crippen LogP contribution in [0.5, 0.6) is 0 Å². The van der Waals surface area contributed by atoms with Gasteiger partial charge in [0.05, 0.1) is 23.9 Å². The van der Waals surface area contributed by atoms with E-state index in [1.807, 2.05) is 11.2 Å². The summed E-state index contributed by atoms with van der Waals surface area (Å²) in [5.74, 6) is 0.00144. The number of aromatic amines is 1. The Hall–Kier alpha value is -2.81. The van der Waals surface area contributed by atoms with E-state index in [1.165, 1.54) is 7.11 Å². The molecule has 2 aromatic heterocycles. The summed E-state index contributed by atoms with van der Waals surface area (Å²) in [6.07, 6.45) is 2.13. The predicted octanol–water partition coefficient (Wildman–Crippen LogP) is 4.41. The fraction of sp³-hybridized carbons (Fsp3) is 0.294. The highest BCUT2D eigenvalue weighted by atomic mass is 19.4. The molecule has 2 N–H and O–H groups in total. The number of aliphatic hydroxyl groups excluding tert-OH is 1. The molecule has 0 aliphatic heterocycles. The van der Waals surface area contributed by atoms with Crippen LogP contribution in [0.2, 0.25) is 0 Å². The van der Waals surface area contributed by atoms with E-state index in [1.54, 1.807) is 19.1 Å². The number of H-pyrrole nitrogens is 1. The van der Waals surface area contributed by atoms with Crippen LogP contribution in [0.1, 0.15) is 30.3 Å². The minimum Gasteiger partial charge on any atom is -0.508 e. The molecule has 138 valence electrons. The lowest BCUT2D eigenvalue weighted by Gasteiger charge is -2.08. The van der Waals surface area contributed by atoms with Gasteiger partial charge < -0.3 is 14.4 Å². The minimum absolute atomic E-state index is 0.0221. The van der Waals surface area contributed by atoms with Gasteiger partial charge in [-0.15, -0.1) is 0 Å².